The predicted octanol–water partition coefficient (Wildman–Crippen LogP) is 1.39. The molecule has 0 spiro atoms. The maximum Gasteiger partial charge on any atom is 0.320 e. The summed E-state index contributed by atoms with van der Waals surface area (Å²) in [5, 5.41) is 24.8. The Morgan fingerprint density at radius 2 is 1.51 bits per heavy atom. The van der Waals surface area contributed by atoms with Crippen LogP contribution in [0, 0.1) is 18.8 Å². The summed E-state index contributed by atoms with van der Waals surface area (Å²) in [5.74, 6) is -0.877. The lowest BCUT2D eigenvalue weighted by molar-refractivity contribution is -0.139. The zero-order chi connectivity index (χ0) is 28.0. The van der Waals surface area contributed by atoms with Gasteiger partial charge in [-0.25, -0.2) is 4.98 Å². The molecule has 0 saturated heterocycles. The first kappa shape index (κ1) is 36.4. The smallest absolute Gasteiger partial charge is 0.320 e. The van der Waals surface area contributed by atoms with Gasteiger partial charge in [0.25, 0.3) is 0 Å². The second kappa shape index (κ2) is 22.6. The number of aromatic nitrogens is 1. The number of carboxylic acids is 3. The van der Waals surface area contributed by atoms with E-state index >= 15 is 0 Å². The monoisotopic (exact) mass is 504 g/mol. The van der Waals surface area contributed by atoms with Crippen LogP contribution in [0.4, 0.5) is 0 Å². The summed E-state index contributed by atoms with van der Waals surface area (Å²) in [6.45, 7) is 10.2. The van der Waals surface area contributed by atoms with Crippen LogP contribution in [0.3, 0.4) is 0 Å². The van der Waals surface area contributed by atoms with Gasteiger partial charge in [-0.2, -0.15) is 0 Å². The van der Waals surface area contributed by atoms with E-state index in [-0.39, 0.29) is 5.96 Å². The third-order valence-electron chi connectivity index (χ3n) is 3.82. The number of hydrogen-bond acceptors (Lipinski definition) is 8. The Morgan fingerprint density at radius 1 is 0.971 bits per heavy atom. The third-order valence-corrected chi connectivity index (χ3v) is 3.82. The average Bonchev–Trinajstić information content (AvgIpc) is 3.21. The standard InChI is InChI=1S/C6H14N4O2.C6H13NO2.C6H12O2.C4H5NO/c7-4(5(11)12)2-1-3-10-6(8)9;1-4(2)3-5(7)6(8)9;1-5(2)3-4-6(7)8;1-4-2-5-3-6-4/h4H,1-3,7H2,(H,11,12)(H4,8,9,10);4-5H,3,7H2,1-2H3,(H,8,9);5H,3-4H2,1-2H3,(H,7,8);2-3H,1H3/t4-;5-;;/m00../s1. The van der Waals surface area contributed by atoms with Crippen LogP contribution in [-0.2, 0) is 14.4 Å². The molecule has 11 N–H and O–H groups in total. The minimum atomic E-state index is -1.00. The van der Waals surface area contributed by atoms with Crippen LogP contribution in [0.1, 0.15) is 65.6 Å². The van der Waals surface area contributed by atoms with Crippen molar-refractivity contribution >= 4 is 23.9 Å². The van der Waals surface area contributed by atoms with Gasteiger partial charge in [-0.15, -0.1) is 0 Å². The van der Waals surface area contributed by atoms with E-state index in [1.54, 1.807) is 6.20 Å². The van der Waals surface area contributed by atoms with E-state index in [1.807, 2.05) is 34.6 Å². The Kier molecular flexibility index (Phi) is 23.5. The molecule has 1 rings (SSSR count). The molecule has 0 radical (unpaired) electrons. The molecule has 13 heteroatoms. The summed E-state index contributed by atoms with van der Waals surface area (Å²) in [7, 11) is 0. The van der Waals surface area contributed by atoms with Gasteiger partial charge in [0.05, 0.1) is 6.20 Å². The summed E-state index contributed by atoms with van der Waals surface area (Å²) in [6.07, 6.45) is 5.68. The largest absolute Gasteiger partial charge is 0.481 e. The summed E-state index contributed by atoms with van der Waals surface area (Å²) in [4.78, 5) is 37.6. The number of nitrogens with zero attached hydrogens (tertiary/aromatic N) is 2. The normalized spacial score (nSPS) is 11.5. The third kappa shape index (κ3) is 33.1. The van der Waals surface area contributed by atoms with Crippen molar-refractivity contribution in [3.63, 3.8) is 0 Å². The molecule has 1 aromatic rings. The van der Waals surface area contributed by atoms with Crippen molar-refractivity contribution < 1.29 is 34.1 Å². The van der Waals surface area contributed by atoms with Crippen LogP contribution < -0.4 is 22.9 Å². The van der Waals surface area contributed by atoms with E-state index in [0.717, 1.165) is 12.2 Å². The van der Waals surface area contributed by atoms with Gasteiger partial charge in [0, 0.05) is 13.0 Å². The van der Waals surface area contributed by atoms with Gasteiger partial charge in [0.2, 0.25) is 0 Å². The van der Waals surface area contributed by atoms with Crippen LogP contribution in [0.15, 0.2) is 22.0 Å². The molecule has 2 atom stereocenters. The van der Waals surface area contributed by atoms with E-state index in [2.05, 4.69) is 9.98 Å². The number of hydrogen-bond donors (Lipinski definition) is 7. The van der Waals surface area contributed by atoms with Gasteiger partial charge >= 0.3 is 17.9 Å². The minimum absolute atomic E-state index is 0.0129. The van der Waals surface area contributed by atoms with Gasteiger partial charge in [0.15, 0.2) is 12.4 Å². The molecule has 0 bridgehead atoms. The van der Waals surface area contributed by atoms with Crippen LogP contribution in [-0.4, -0.2) is 62.8 Å². The summed E-state index contributed by atoms with van der Waals surface area (Å²) in [5.41, 5.74) is 20.5. The Hall–Kier alpha value is -3.19. The number of rotatable bonds is 11. The van der Waals surface area contributed by atoms with Crippen molar-refractivity contribution in [2.24, 2.45) is 39.8 Å². The van der Waals surface area contributed by atoms with E-state index in [0.29, 0.717) is 44.1 Å². The minimum Gasteiger partial charge on any atom is -0.481 e. The number of carbonyl (C=O) groups is 3. The lowest BCUT2D eigenvalue weighted by atomic mass is 10.1. The van der Waals surface area contributed by atoms with E-state index < -0.39 is 30.0 Å². The van der Waals surface area contributed by atoms with Crippen molar-refractivity contribution in [3.8, 4) is 0 Å². The van der Waals surface area contributed by atoms with E-state index in [1.165, 1.54) is 6.39 Å². The highest BCUT2D eigenvalue weighted by molar-refractivity contribution is 5.75. The first-order valence-electron chi connectivity index (χ1n) is 11.2. The second-order valence-electron chi connectivity index (χ2n) is 8.41. The Labute approximate surface area is 207 Å². The van der Waals surface area contributed by atoms with Crippen molar-refractivity contribution in [1.82, 2.24) is 4.98 Å². The highest BCUT2D eigenvalue weighted by Crippen LogP contribution is 2.02. The molecule has 35 heavy (non-hydrogen) atoms. The molecular weight excluding hydrogens is 460 g/mol. The van der Waals surface area contributed by atoms with Crippen LogP contribution in [0.2, 0.25) is 0 Å². The molecule has 1 heterocycles. The van der Waals surface area contributed by atoms with Crippen molar-refractivity contribution in [2.75, 3.05) is 6.54 Å². The maximum atomic E-state index is 10.2. The zero-order valence-electron chi connectivity index (χ0n) is 21.4. The fraction of sp³-hybridized carbons (Fsp3) is 0.682. The topological polar surface area (TPSA) is 254 Å². The van der Waals surface area contributed by atoms with Gasteiger partial charge < -0.3 is 42.7 Å². The molecule has 0 aliphatic heterocycles. The molecule has 0 unspecified atom stereocenters. The fourth-order valence-corrected chi connectivity index (χ4v) is 1.94. The Bertz CT molecular complexity index is 705. The van der Waals surface area contributed by atoms with E-state index in [4.69, 9.17) is 42.7 Å². The number of oxazole rings is 1. The number of carboxylic acid groups (broad SMARTS) is 3. The Morgan fingerprint density at radius 3 is 1.74 bits per heavy atom. The molecular formula is C22H44N6O7. The van der Waals surface area contributed by atoms with Gasteiger partial charge in [-0.05, 0) is 44.4 Å². The van der Waals surface area contributed by atoms with Gasteiger partial charge in [-0.3, -0.25) is 19.4 Å². The molecule has 0 fully saturated rings. The molecule has 204 valence electrons. The Balaban J connectivity index is -0.000000401. The van der Waals surface area contributed by atoms with Crippen LogP contribution >= 0.6 is 0 Å². The number of guanidine groups is 1. The van der Waals surface area contributed by atoms with Crippen molar-refractivity contribution in [1.29, 1.82) is 0 Å². The summed E-state index contributed by atoms with van der Waals surface area (Å²) in [6, 6.07) is -1.51. The van der Waals surface area contributed by atoms with Crippen molar-refractivity contribution in [3.05, 3.63) is 18.4 Å². The van der Waals surface area contributed by atoms with Gasteiger partial charge in [0.1, 0.15) is 17.8 Å². The van der Waals surface area contributed by atoms with Crippen molar-refractivity contribution in [2.45, 2.75) is 78.8 Å². The number of aliphatic imine (C=N–C) groups is 1. The lowest BCUT2D eigenvalue weighted by Crippen LogP contribution is -2.31. The van der Waals surface area contributed by atoms with Gasteiger partial charge in [-0.1, -0.05) is 27.7 Å². The molecule has 0 aliphatic carbocycles. The highest BCUT2D eigenvalue weighted by atomic mass is 16.4. The quantitative estimate of drug-likeness (QED) is 0.128. The SMILES string of the molecule is CC(C)CCC(=O)O.CC(C)C[C@H](N)C(=O)O.Cc1cnco1.NC(N)=NCCC[C@H](N)C(=O)O. The molecule has 0 amide bonds. The molecule has 0 aliphatic rings. The summed E-state index contributed by atoms with van der Waals surface area (Å²) < 4.78 is 4.72. The first-order valence-corrected chi connectivity index (χ1v) is 11.2. The van der Waals surface area contributed by atoms with Crippen LogP contribution in [0.25, 0.3) is 0 Å². The first-order chi connectivity index (χ1) is 16.1. The predicted molar refractivity (Wildman–Crippen MR) is 134 cm³/mol. The second-order valence-corrected chi connectivity index (χ2v) is 8.41. The molecule has 13 nitrogen and oxygen atoms in total. The van der Waals surface area contributed by atoms with Crippen LogP contribution in [0.5, 0.6) is 0 Å². The molecule has 0 aromatic carbocycles. The van der Waals surface area contributed by atoms with E-state index in [9.17, 15) is 14.4 Å². The molecule has 1 aromatic heterocycles. The highest BCUT2D eigenvalue weighted by Gasteiger charge is 2.12. The molecule has 0 saturated carbocycles. The fourth-order valence-electron chi connectivity index (χ4n) is 1.94. The number of aryl methyl sites for hydroxylation is 1. The maximum absolute atomic E-state index is 10.2. The number of nitrogens with two attached hydrogens (primary N) is 4. The summed E-state index contributed by atoms with van der Waals surface area (Å²) >= 11 is 0. The number of aliphatic carboxylic acids is 3. The zero-order valence-corrected chi connectivity index (χ0v) is 21.4. The lowest BCUT2D eigenvalue weighted by Gasteiger charge is -2.07. The average molecular weight is 505 g/mol.